The Labute approximate surface area is 209 Å². The van der Waals surface area contributed by atoms with E-state index in [1.165, 1.54) is 20.1 Å². The molecule has 0 aromatic carbocycles. The fourth-order valence-corrected chi connectivity index (χ4v) is 7.45. The number of esters is 3. The SMILES string of the molecule is CC(C)[C@H](N)C(=O)OC1[C@@H]2OC(=O)[C@]3(C)[C@H]1C[C@@]14C2=CO[C@@H](OC(=O)[C@@H](N)C(C)(C)O)[C@H]1C[C@@H](O)[C@@H]34. The molecular formula is C25H36N2O9. The van der Waals surface area contributed by atoms with Gasteiger partial charge in [0, 0.05) is 28.7 Å². The van der Waals surface area contributed by atoms with E-state index in [0.29, 0.717) is 12.0 Å². The number of hydrogen-bond donors (Lipinski definition) is 4. The lowest BCUT2D eigenvalue weighted by atomic mass is 9.61. The van der Waals surface area contributed by atoms with Gasteiger partial charge in [0.15, 0.2) is 6.10 Å². The average molecular weight is 509 g/mol. The number of aliphatic hydroxyl groups is 2. The number of carbonyl (C=O) groups excluding carboxylic acids is 3. The van der Waals surface area contributed by atoms with E-state index in [2.05, 4.69) is 0 Å². The smallest absolute Gasteiger partial charge is 0.328 e. The van der Waals surface area contributed by atoms with E-state index in [-0.39, 0.29) is 12.3 Å². The lowest BCUT2D eigenvalue weighted by Crippen LogP contribution is -2.59. The molecule has 0 amide bonds. The van der Waals surface area contributed by atoms with Crippen molar-refractivity contribution in [1.29, 1.82) is 0 Å². The third-order valence-electron chi connectivity index (χ3n) is 9.43. The standard InChI is InChI=1S/C25H36N2O9/c1-9(2)14(26)19(29)34-15-11-7-25-10-6-13(28)17(25)24(11,5)22(31)35-16(15)12(25)8-33-21(10)36-20(30)18(27)23(3,4)32/h8-11,13-18,21,28,32H,6-7,26-27H2,1-5H3/t10-,11+,13-,14+,15?,16-,17+,18-,21+,24-,25+/m1/s1. The average Bonchev–Trinajstić information content (AvgIpc) is 3.19. The van der Waals surface area contributed by atoms with Crippen molar-refractivity contribution in [2.24, 2.45) is 46.0 Å². The first kappa shape index (κ1) is 25.4. The second-order valence-corrected chi connectivity index (χ2v) is 12.2. The second-order valence-electron chi connectivity index (χ2n) is 12.2. The summed E-state index contributed by atoms with van der Waals surface area (Å²) in [6, 6.07) is -2.14. The van der Waals surface area contributed by atoms with Gasteiger partial charge in [0.2, 0.25) is 6.29 Å². The van der Waals surface area contributed by atoms with Gasteiger partial charge < -0.3 is 40.6 Å². The lowest BCUT2D eigenvalue weighted by molar-refractivity contribution is -0.214. The highest BCUT2D eigenvalue weighted by atomic mass is 16.7. The third-order valence-corrected chi connectivity index (χ3v) is 9.43. The monoisotopic (exact) mass is 508 g/mol. The summed E-state index contributed by atoms with van der Waals surface area (Å²) in [5.74, 6) is -3.44. The van der Waals surface area contributed by atoms with Crippen LogP contribution in [-0.4, -0.2) is 70.4 Å². The van der Waals surface area contributed by atoms with E-state index >= 15 is 0 Å². The zero-order valence-corrected chi connectivity index (χ0v) is 21.2. The van der Waals surface area contributed by atoms with Gasteiger partial charge in [0.1, 0.15) is 18.2 Å². The van der Waals surface area contributed by atoms with Gasteiger partial charge in [0.05, 0.1) is 23.4 Å². The number of nitrogens with two attached hydrogens (primary N) is 2. The minimum Gasteiger partial charge on any atom is -0.462 e. The zero-order valence-electron chi connectivity index (χ0n) is 21.2. The molecule has 11 atom stereocenters. The molecule has 1 saturated heterocycles. The van der Waals surface area contributed by atoms with Crippen LogP contribution in [0.2, 0.25) is 0 Å². The van der Waals surface area contributed by atoms with Crippen molar-refractivity contribution < 1.29 is 43.5 Å². The Hall–Kier alpha value is -2.21. The van der Waals surface area contributed by atoms with Gasteiger partial charge >= 0.3 is 17.9 Å². The molecule has 36 heavy (non-hydrogen) atoms. The summed E-state index contributed by atoms with van der Waals surface area (Å²) in [6.45, 7) is 8.21. The molecular weight excluding hydrogens is 472 g/mol. The highest BCUT2D eigenvalue weighted by Crippen LogP contribution is 2.77. The van der Waals surface area contributed by atoms with E-state index in [1.54, 1.807) is 6.92 Å². The second kappa shape index (κ2) is 7.89. The van der Waals surface area contributed by atoms with Crippen molar-refractivity contribution in [1.82, 2.24) is 0 Å². The molecule has 6 N–H and O–H groups in total. The minimum absolute atomic E-state index is 0.139. The molecule has 0 radical (unpaired) electrons. The van der Waals surface area contributed by atoms with Crippen LogP contribution in [0.1, 0.15) is 47.5 Å². The molecule has 3 saturated carbocycles. The molecule has 1 unspecified atom stereocenters. The molecule has 5 rings (SSSR count). The van der Waals surface area contributed by atoms with Crippen LogP contribution in [0.15, 0.2) is 11.8 Å². The number of ether oxygens (including phenoxy) is 4. The molecule has 2 aliphatic heterocycles. The van der Waals surface area contributed by atoms with Gasteiger partial charge in [-0.05, 0) is 39.5 Å². The highest BCUT2D eigenvalue weighted by Gasteiger charge is 2.82. The number of carbonyl (C=O) groups is 3. The minimum atomic E-state index is -1.51. The number of aliphatic hydroxyl groups excluding tert-OH is 1. The topological polar surface area (TPSA) is 181 Å². The van der Waals surface area contributed by atoms with Crippen LogP contribution in [0.5, 0.6) is 0 Å². The predicted molar refractivity (Wildman–Crippen MR) is 122 cm³/mol. The van der Waals surface area contributed by atoms with Gasteiger partial charge in [-0.25, -0.2) is 0 Å². The zero-order chi connectivity index (χ0) is 26.5. The lowest BCUT2D eigenvalue weighted by Gasteiger charge is -2.51. The number of rotatable bonds is 6. The van der Waals surface area contributed by atoms with Crippen molar-refractivity contribution in [2.75, 3.05) is 0 Å². The van der Waals surface area contributed by atoms with Crippen LogP contribution in [0.4, 0.5) is 0 Å². The quantitative estimate of drug-likeness (QED) is 0.273. The fourth-order valence-electron chi connectivity index (χ4n) is 7.45. The summed E-state index contributed by atoms with van der Waals surface area (Å²) in [5.41, 5.74) is 9.15. The number of fused-ring (bicyclic) bond motifs is 3. The first-order chi connectivity index (χ1) is 16.7. The van der Waals surface area contributed by atoms with E-state index in [9.17, 15) is 24.6 Å². The van der Waals surface area contributed by atoms with E-state index in [0.717, 1.165) is 0 Å². The Morgan fingerprint density at radius 3 is 2.47 bits per heavy atom. The van der Waals surface area contributed by atoms with Crippen molar-refractivity contribution in [2.45, 2.75) is 89.7 Å². The first-order valence-electron chi connectivity index (χ1n) is 12.5. The highest BCUT2D eigenvalue weighted by molar-refractivity contribution is 5.83. The van der Waals surface area contributed by atoms with Crippen LogP contribution in [0.25, 0.3) is 0 Å². The van der Waals surface area contributed by atoms with E-state index in [1.807, 2.05) is 13.8 Å². The van der Waals surface area contributed by atoms with Crippen molar-refractivity contribution in [3.63, 3.8) is 0 Å². The largest absolute Gasteiger partial charge is 0.462 e. The maximum absolute atomic E-state index is 13.3. The van der Waals surface area contributed by atoms with E-state index in [4.69, 9.17) is 30.4 Å². The van der Waals surface area contributed by atoms with Crippen molar-refractivity contribution >= 4 is 17.9 Å². The molecule has 5 aliphatic rings. The summed E-state index contributed by atoms with van der Waals surface area (Å²) in [4.78, 5) is 38.9. The van der Waals surface area contributed by atoms with Crippen LogP contribution in [0.3, 0.4) is 0 Å². The third kappa shape index (κ3) is 3.15. The molecule has 4 fully saturated rings. The maximum Gasteiger partial charge on any atom is 0.328 e. The molecule has 11 heteroatoms. The Bertz CT molecular complexity index is 1020. The molecule has 3 aliphatic carbocycles. The van der Waals surface area contributed by atoms with Crippen LogP contribution in [0, 0.1) is 34.5 Å². The summed E-state index contributed by atoms with van der Waals surface area (Å²) in [7, 11) is 0. The van der Waals surface area contributed by atoms with Crippen LogP contribution < -0.4 is 11.5 Å². The molecule has 200 valence electrons. The maximum atomic E-state index is 13.3. The van der Waals surface area contributed by atoms with Crippen molar-refractivity contribution in [3.8, 4) is 0 Å². The first-order valence-corrected chi connectivity index (χ1v) is 12.5. The molecule has 1 spiro atoms. The van der Waals surface area contributed by atoms with Gasteiger partial charge in [-0.1, -0.05) is 13.8 Å². The van der Waals surface area contributed by atoms with E-state index < -0.39 is 88.8 Å². The van der Waals surface area contributed by atoms with Gasteiger partial charge in [0.25, 0.3) is 0 Å². The van der Waals surface area contributed by atoms with Crippen LogP contribution in [-0.2, 0) is 33.3 Å². The Morgan fingerprint density at radius 2 is 1.86 bits per heavy atom. The Balaban J connectivity index is 1.52. The van der Waals surface area contributed by atoms with Gasteiger partial charge in [-0.3, -0.25) is 14.4 Å². The Morgan fingerprint density at radius 1 is 1.19 bits per heavy atom. The summed E-state index contributed by atoms with van der Waals surface area (Å²) >= 11 is 0. The summed E-state index contributed by atoms with van der Waals surface area (Å²) in [5, 5.41) is 21.4. The molecule has 0 aromatic rings. The van der Waals surface area contributed by atoms with Gasteiger partial charge in [-0.2, -0.15) is 0 Å². The van der Waals surface area contributed by atoms with Gasteiger partial charge in [-0.15, -0.1) is 0 Å². The molecule has 2 heterocycles. The summed E-state index contributed by atoms with van der Waals surface area (Å²) < 4.78 is 23.2. The fraction of sp³-hybridized carbons (Fsp3) is 0.800. The molecule has 3 bridgehead atoms. The normalized spacial score (nSPS) is 43.8. The Kier molecular flexibility index (Phi) is 5.58. The van der Waals surface area contributed by atoms with Crippen molar-refractivity contribution in [3.05, 3.63) is 11.8 Å². The predicted octanol–water partition coefficient (Wildman–Crippen LogP) is -0.288. The molecule has 11 nitrogen and oxygen atoms in total. The molecule has 0 aromatic heterocycles. The number of hydrogen-bond acceptors (Lipinski definition) is 11. The summed E-state index contributed by atoms with van der Waals surface area (Å²) in [6.07, 6.45) is -1.55. The van der Waals surface area contributed by atoms with Crippen LogP contribution >= 0.6 is 0 Å².